The lowest BCUT2D eigenvalue weighted by molar-refractivity contribution is 0.102. The van der Waals surface area contributed by atoms with Crippen LogP contribution in [0.5, 0.6) is 11.5 Å². The third kappa shape index (κ3) is 4.75. The van der Waals surface area contributed by atoms with Gasteiger partial charge in [-0.1, -0.05) is 75.0 Å². The SMILES string of the molecule is O=C(Nc1ccc(Oc2ccc(Br)c3ccccc23)c(Cl)c1)c1cc2cc(Cl)cc(Cl)c2oc1=O. The molecule has 0 unspecified atom stereocenters. The minimum Gasteiger partial charge on any atom is -0.455 e. The molecule has 5 nitrogen and oxygen atoms in total. The minimum absolute atomic E-state index is 0.155. The van der Waals surface area contributed by atoms with Crippen LogP contribution in [0.25, 0.3) is 21.7 Å². The van der Waals surface area contributed by atoms with Crippen LogP contribution in [0.1, 0.15) is 10.4 Å². The first-order chi connectivity index (χ1) is 16.8. The number of benzene rings is 4. The molecule has 1 amide bonds. The summed E-state index contributed by atoms with van der Waals surface area (Å²) in [4.78, 5) is 25.2. The molecular formula is C26H13BrCl3NO4. The maximum atomic E-state index is 12.8. The van der Waals surface area contributed by atoms with E-state index in [1.807, 2.05) is 36.4 Å². The second kappa shape index (κ2) is 9.55. The molecule has 0 aliphatic rings. The molecule has 0 spiro atoms. The van der Waals surface area contributed by atoms with Crippen molar-refractivity contribution < 1.29 is 13.9 Å². The molecule has 0 saturated carbocycles. The molecule has 5 aromatic rings. The van der Waals surface area contributed by atoms with Gasteiger partial charge in [-0.2, -0.15) is 0 Å². The van der Waals surface area contributed by atoms with Crippen LogP contribution in [0.4, 0.5) is 5.69 Å². The minimum atomic E-state index is -0.826. The maximum absolute atomic E-state index is 12.8. The van der Waals surface area contributed by atoms with Gasteiger partial charge < -0.3 is 14.5 Å². The van der Waals surface area contributed by atoms with E-state index in [2.05, 4.69) is 21.2 Å². The van der Waals surface area contributed by atoms with Gasteiger partial charge in [-0.25, -0.2) is 4.79 Å². The van der Waals surface area contributed by atoms with E-state index in [0.717, 1.165) is 15.2 Å². The molecule has 1 aromatic heterocycles. The summed E-state index contributed by atoms with van der Waals surface area (Å²) in [6.07, 6.45) is 0. The lowest BCUT2D eigenvalue weighted by Gasteiger charge is -2.13. The first kappa shape index (κ1) is 23.7. The van der Waals surface area contributed by atoms with Gasteiger partial charge in [0.2, 0.25) is 0 Å². The van der Waals surface area contributed by atoms with Gasteiger partial charge >= 0.3 is 5.63 Å². The highest BCUT2D eigenvalue weighted by Crippen LogP contribution is 2.37. The predicted molar refractivity (Wildman–Crippen MR) is 144 cm³/mol. The highest BCUT2D eigenvalue weighted by atomic mass is 79.9. The van der Waals surface area contributed by atoms with Crippen LogP contribution in [-0.2, 0) is 0 Å². The molecule has 0 fully saturated rings. The van der Waals surface area contributed by atoms with Crippen molar-refractivity contribution in [1.82, 2.24) is 0 Å². The lowest BCUT2D eigenvalue weighted by Crippen LogP contribution is -2.20. The van der Waals surface area contributed by atoms with Gasteiger partial charge in [0.25, 0.3) is 5.91 Å². The number of carbonyl (C=O) groups excluding carboxylic acids is 1. The van der Waals surface area contributed by atoms with Gasteiger partial charge in [-0.05, 0) is 53.9 Å². The van der Waals surface area contributed by atoms with E-state index in [4.69, 9.17) is 44.0 Å². The van der Waals surface area contributed by atoms with Gasteiger partial charge in [0.1, 0.15) is 17.1 Å². The third-order valence-corrected chi connectivity index (χ3v) is 6.72. The first-order valence-electron chi connectivity index (χ1n) is 10.2. The van der Waals surface area contributed by atoms with Crippen LogP contribution in [-0.4, -0.2) is 5.91 Å². The van der Waals surface area contributed by atoms with E-state index in [0.29, 0.717) is 27.6 Å². The second-order valence-corrected chi connectivity index (χ2v) is 9.65. The molecule has 4 aromatic carbocycles. The van der Waals surface area contributed by atoms with Crippen molar-refractivity contribution in [2.75, 3.05) is 5.32 Å². The summed E-state index contributed by atoms with van der Waals surface area (Å²) in [5.74, 6) is 0.376. The van der Waals surface area contributed by atoms with Crippen LogP contribution in [0, 0.1) is 0 Å². The van der Waals surface area contributed by atoms with Crippen LogP contribution in [0.3, 0.4) is 0 Å². The van der Waals surface area contributed by atoms with E-state index in [1.165, 1.54) is 18.2 Å². The number of rotatable bonds is 4. The van der Waals surface area contributed by atoms with Crippen molar-refractivity contribution in [2.24, 2.45) is 0 Å². The van der Waals surface area contributed by atoms with Gasteiger partial charge in [-0.3, -0.25) is 4.79 Å². The molecular weight excluding hydrogens is 577 g/mol. The molecule has 1 N–H and O–H groups in total. The standard InChI is InChI=1S/C26H13BrCl3NO4/c27-19-6-8-22(17-4-2-1-3-16(17)19)34-23-7-5-15(12-20(23)29)31-25(32)18-10-13-9-14(28)11-21(30)24(13)35-26(18)33/h1-12H,(H,31,32). The van der Waals surface area contributed by atoms with Crippen LogP contribution in [0.15, 0.2) is 86.5 Å². The Kier molecular flexibility index (Phi) is 6.47. The quantitative estimate of drug-likeness (QED) is 0.213. The number of hydrogen-bond donors (Lipinski definition) is 1. The molecule has 1 heterocycles. The van der Waals surface area contributed by atoms with Gasteiger partial charge in [-0.15, -0.1) is 0 Å². The second-order valence-electron chi connectivity index (χ2n) is 7.55. The molecule has 9 heteroatoms. The van der Waals surface area contributed by atoms with Crippen LogP contribution < -0.4 is 15.7 Å². The summed E-state index contributed by atoms with van der Waals surface area (Å²) < 4.78 is 12.2. The Morgan fingerprint density at radius 1 is 0.857 bits per heavy atom. The van der Waals surface area contributed by atoms with Crippen molar-refractivity contribution in [3.8, 4) is 11.5 Å². The van der Waals surface area contributed by atoms with Crippen molar-refractivity contribution >= 4 is 84.1 Å². The fourth-order valence-corrected chi connectivity index (χ4v) is 4.86. The Labute approximate surface area is 222 Å². The molecule has 35 heavy (non-hydrogen) atoms. The van der Waals surface area contributed by atoms with Crippen molar-refractivity contribution in [3.63, 3.8) is 0 Å². The summed E-state index contributed by atoms with van der Waals surface area (Å²) in [6, 6.07) is 20.7. The van der Waals surface area contributed by atoms with E-state index in [-0.39, 0.29) is 21.2 Å². The van der Waals surface area contributed by atoms with Crippen molar-refractivity contribution in [2.45, 2.75) is 0 Å². The first-order valence-corrected chi connectivity index (χ1v) is 12.1. The molecule has 0 saturated heterocycles. The highest BCUT2D eigenvalue weighted by Gasteiger charge is 2.17. The lowest BCUT2D eigenvalue weighted by atomic mass is 10.1. The monoisotopic (exact) mass is 587 g/mol. The molecule has 0 aliphatic heterocycles. The zero-order chi connectivity index (χ0) is 24.7. The summed E-state index contributed by atoms with van der Waals surface area (Å²) in [6.45, 7) is 0. The number of nitrogens with one attached hydrogen (secondary N) is 1. The van der Waals surface area contributed by atoms with Crippen molar-refractivity contribution in [3.05, 3.63) is 108 Å². The predicted octanol–water partition coefficient (Wildman–Crippen LogP) is 8.71. The normalized spacial score (nSPS) is 11.1. The topological polar surface area (TPSA) is 68.5 Å². The number of amides is 1. The van der Waals surface area contributed by atoms with Gasteiger partial charge in [0.15, 0.2) is 5.58 Å². The average molecular weight is 590 g/mol. The Morgan fingerprint density at radius 2 is 1.60 bits per heavy atom. The van der Waals surface area contributed by atoms with Crippen LogP contribution >= 0.6 is 50.7 Å². The largest absolute Gasteiger partial charge is 0.455 e. The number of carbonyl (C=O) groups is 1. The van der Waals surface area contributed by atoms with Gasteiger partial charge in [0, 0.05) is 26.0 Å². The summed E-state index contributed by atoms with van der Waals surface area (Å²) >= 11 is 22.1. The Balaban J connectivity index is 1.41. The van der Waals surface area contributed by atoms with Crippen LogP contribution in [0.2, 0.25) is 15.1 Å². The average Bonchev–Trinajstić information content (AvgIpc) is 2.82. The maximum Gasteiger partial charge on any atom is 0.349 e. The highest BCUT2D eigenvalue weighted by molar-refractivity contribution is 9.10. The number of hydrogen-bond acceptors (Lipinski definition) is 4. The number of ether oxygens (including phenoxy) is 1. The Bertz CT molecular complexity index is 1700. The van der Waals surface area contributed by atoms with E-state index < -0.39 is 11.5 Å². The molecule has 0 bridgehead atoms. The van der Waals surface area contributed by atoms with Crippen molar-refractivity contribution in [1.29, 1.82) is 0 Å². The summed E-state index contributed by atoms with van der Waals surface area (Å²) in [7, 11) is 0. The zero-order valence-corrected chi connectivity index (χ0v) is 21.4. The van der Waals surface area contributed by atoms with E-state index >= 15 is 0 Å². The summed E-state index contributed by atoms with van der Waals surface area (Å²) in [5.41, 5.74) is -0.500. The molecule has 0 aliphatic carbocycles. The molecule has 0 radical (unpaired) electrons. The fraction of sp³-hybridized carbons (Fsp3) is 0. The molecule has 5 rings (SSSR count). The Morgan fingerprint density at radius 3 is 2.37 bits per heavy atom. The zero-order valence-electron chi connectivity index (χ0n) is 17.6. The van der Waals surface area contributed by atoms with E-state index in [9.17, 15) is 9.59 Å². The summed E-state index contributed by atoms with van der Waals surface area (Å²) in [5, 5.41) is 5.80. The number of halogens is 4. The number of fused-ring (bicyclic) bond motifs is 2. The molecule has 0 atom stereocenters. The van der Waals surface area contributed by atoms with Gasteiger partial charge in [0.05, 0.1) is 10.0 Å². The smallest absolute Gasteiger partial charge is 0.349 e. The fourth-order valence-electron chi connectivity index (χ4n) is 3.62. The molecule has 174 valence electrons. The number of anilines is 1. The van der Waals surface area contributed by atoms with E-state index in [1.54, 1.807) is 18.2 Å². The Hall–Kier alpha value is -3.03. The third-order valence-electron chi connectivity index (χ3n) is 5.24.